The Bertz CT molecular complexity index is 599. The van der Waals surface area contributed by atoms with Crippen LogP contribution in [0.25, 0.3) is 0 Å². The summed E-state index contributed by atoms with van der Waals surface area (Å²) in [5, 5.41) is 9.13. The molecule has 6 nitrogen and oxygen atoms in total. The number of hydrogen-bond acceptors (Lipinski definition) is 4. The van der Waals surface area contributed by atoms with Crippen LogP contribution in [0.2, 0.25) is 0 Å². The van der Waals surface area contributed by atoms with Gasteiger partial charge in [0.25, 0.3) is 5.91 Å². The molecule has 1 heterocycles. The summed E-state index contributed by atoms with van der Waals surface area (Å²) in [5.41, 5.74) is 0.457. The van der Waals surface area contributed by atoms with Crippen LogP contribution in [0.3, 0.4) is 0 Å². The highest BCUT2D eigenvalue weighted by Gasteiger charge is 2.29. The number of benzene rings is 1. The summed E-state index contributed by atoms with van der Waals surface area (Å²) >= 11 is 0. The van der Waals surface area contributed by atoms with Crippen molar-refractivity contribution in [2.24, 2.45) is 5.92 Å². The SMILES string of the molecule is C=CCOc1ccc(C(=O)N2CCCC(C(=O)O)C2)cc1OC. The van der Waals surface area contributed by atoms with Gasteiger partial charge in [0.05, 0.1) is 13.0 Å². The Kier molecular flexibility index (Phi) is 5.62. The first-order valence-electron chi connectivity index (χ1n) is 7.50. The number of carbonyl (C=O) groups excluding carboxylic acids is 1. The van der Waals surface area contributed by atoms with Gasteiger partial charge in [-0.1, -0.05) is 12.7 Å². The number of likely N-dealkylation sites (tertiary alicyclic amines) is 1. The summed E-state index contributed by atoms with van der Waals surface area (Å²) in [5.74, 6) is -0.543. The van der Waals surface area contributed by atoms with Crippen molar-refractivity contribution < 1.29 is 24.2 Å². The third-order valence-corrected chi connectivity index (χ3v) is 3.83. The first-order chi connectivity index (χ1) is 11.1. The van der Waals surface area contributed by atoms with E-state index in [1.807, 2.05) is 0 Å². The molecule has 1 aliphatic heterocycles. The molecule has 0 aromatic heterocycles. The molecule has 1 fully saturated rings. The minimum Gasteiger partial charge on any atom is -0.493 e. The van der Waals surface area contributed by atoms with E-state index in [1.54, 1.807) is 29.2 Å². The van der Waals surface area contributed by atoms with Gasteiger partial charge in [0.1, 0.15) is 6.61 Å². The molecule has 6 heteroatoms. The van der Waals surface area contributed by atoms with Crippen molar-refractivity contribution in [3.63, 3.8) is 0 Å². The summed E-state index contributed by atoms with van der Waals surface area (Å²) in [6.07, 6.45) is 2.93. The molecule has 1 atom stereocenters. The normalized spacial score (nSPS) is 17.4. The second kappa shape index (κ2) is 7.67. The van der Waals surface area contributed by atoms with Crippen LogP contribution < -0.4 is 9.47 Å². The van der Waals surface area contributed by atoms with Gasteiger partial charge in [0.15, 0.2) is 11.5 Å². The van der Waals surface area contributed by atoms with Crippen molar-refractivity contribution >= 4 is 11.9 Å². The number of carbonyl (C=O) groups is 2. The van der Waals surface area contributed by atoms with Crippen molar-refractivity contribution in [3.8, 4) is 11.5 Å². The van der Waals surface area contributed by atoms with Gasteiger partial charge in [-0.15, -0.1) is 0 Å². The molecule has 0 radical (unpaired) electrons. The topological polar surface area (TPSA) is 76.1 Å². The van der Waals surface area contributed by atoms with Gasteiger partial charge in [-0.25, -0.2) is 0 Å². The predicted molar refractivity (Wildman–Crippen MR) is 84.9 cm³/mol. The van der Waals surface area contributed by atoms with E-state index >= 15 is 0 Å². The Morgan fingerprint density at radius 3 is 2.87 bits per heavy atom. The zero-order chi connectivity index (χ0) is 16.8. The minimum absolute atomic E-state index is 0.190. The Morgan fingerprint density at radius 2 is 2.22 bits per heavy atom. The summed E-state index contributed by atoms with van der Waals surface area (Å²) in [6.45, 7) is 4.74. The lowest BCUT2D eigenvalue weighted by atomic mass is 9.97. The maximum Gasteiger partial charge on any atom is 0.308 e. The van der Waals surface area contributed by atoms with Crippen molar-refractivity contribution in [1.82, 2.24) is 4.90 Å². The monoisotopic (exact) mass is 319 g/mol. The summed E-state index contributed by atoms with van der Waals surface area (Å²) < 4.78 is 10.7. The van der Waals surface area contributed by atoms with Crippen LogP contribution in [0.5, 0.6) is 11.5 Å². The van der Waals surface area contributed by atoms with Crippen molar-refractivity contribution in [2.75, 3.05) is 26.8 Å². The third-order valence-electron chi connectivity index (χ3n) is 3.83. The lowest BCUT2D eigenvalue weighted by Crippen LogP contribution is -2.42. The van der Waals surface area contributed by atoms with Crippen molar-refractivity contribution in [2.45, 2.75) is 12.8 Å². The fourth-order valence-corrected chi connectivity index (χ4v) is 2.61. The van der Waals surface area contributed by atoms with Gasteiger partial charge in [0, 0.05) is 18.7 Å². The number of rotatable bonds is 6. The van der Waals surface area contributed by atoms with Crippen LogP contribution in [-0.4, -0.2) is 48.7 Å². The molecule has 0 aliphatic carbocycles. The van der Waals surface area contributed by atoms with E-state index in [9.17, 15) is 9.59 Å². The van der Waals surface area contributed by atoms with Crippen molar-refractivity contribution in [3.05, 3.63) is 36.4 Å². The van der Waals surface area contributed by atoms with Crippen molar-refractivity contribution in [1.29, 1.82) is 0 Å². The fraction of sp³-hybridized carbons (Fsp3) is 0.412. The van der Waals surface area contributed by atoms with Crippen LogP contribution >= 0.6 is 0 Å². The molecule has 1 aromatic rings. The standard InChI is InChI=1S/C17H21NO5/c1-3-9-23-14-7-6-12(10-15(14)22-2)16(19)18-8-4-5-13(11-18)17(20)21/h3,6-7,10,13H,1,4-5,8-9,11H2,2H3,(H,20,21). The quantitative estimate of drug-likeness (QED) is 0.814. The van der Waals surface area contributed by atoms with Gasteiger partial charge in [0.2, 0.25) is 0 Å². The van der Waals surface area contributed by atoms with Crippen LogP contribution in [0.4, 0.5) is 0 Å². The molecule has 1 aromatic carbocycles. The van der Waals surface area contributed by atoms with Gasteiger partial charge in [-0.3, -0.25) is 9.59 Å². The molecule has 0 bridgehead atoms. The number of piperidine rings is 1. The minimum atomic E-state index is -0.853. The molecule has 0 spiro atoms. The number of nitrogens with zero attached hydrogens (tertiary/aromatic N) is 1. The molecule has 1 saturated heterocycles. The molecular weight excluding hydrogens is 298 g/mol. The summed E-state index contributed by atoms with van der Waals surface area (Å²) in [4.78, 5) is 25.3. The molecule has 1 unspecified atom stereocenters. The van der Waals surface area contributed by atoms with Gasteiger partial charge < -0.3 is 19.5 Å². The average molecular weight is 319 g/mol. The van der Waals surface area contributed by atoms with E-state index in [1.165, 1.54) is 7.11 Å². The van der Waals surface area contributed by atoms with Crippen LogP contribution in [-0.2, 0) is 4.79 Å². The number of carboxylic acid groups (broad SMARTS) is 1. The van der Waals surface area contributed by atoms with E-state index in [0.717, 1.165) is 0 Å². The Morgan fingerprint density at radius 1 is 1.43 bits per heavy atom. The lowest BCUT2D eigenvalue weighted by molar-refractivity contribution is -0.143. The second-order valence-corrected chi connectivity index (χ2v) is 5.39. The average Bonchev–Trinajstić information content (AvgIpc) is 2.59. The zero-order valence-corrected chi connectivity index (χ0v) is 13.2. The smallest absolute Gasteiger partial charge is 0.308 e. The summed E-state index contributed by atoms with van der Waals surface area (Å²) in [7, 11) is 1.51. The molecule has 23 heavy (non-hydrogen) atoms. The Balaban J connectivity index is 2.15. The van der Waals surface area contributed by atoms with Gasteiger partial charge >= 0.3 is 5.97 Å². The number of aliphatic carboxylic acids is 1. The third kappa shape index (κ3) is 4.03. The first-order valence-corrected chi connectivity index (χ1v) is 7.50. The Labute approximate surface area is 135 Å². The molecule has 1 aliphatic rings. The molecule has 0 saturated carbocycles. The number of amides is 1. The maximum atomic E-state index is 12.6. The van der Waals surface area contributed by atoms with E-state index < -0.39 is 11.9 Å². The number of hydrogen-bond donors (Lipinski definition) is 1. The molecular formula is C17H21NO5. The second-order valence-electron chi connectivity index (χ2n) is 5.39. The van der Waals surface area contributed by atoms with E-state index in [2.05, 4.69) is 6.58 Å². The van der Waals surface area contributed by atoms with Crippen LogP contribution in [0, 0.1) is 5.92 Å². The first kappa shape index (κ1) is 16.9. The fourth-order valence-electron chi connectivity index (χ4n) is 2.61. The molecule has 124 valence electrons. The highest BCUT2D eigenvalue weighted by atomic mass is 16.5. The lowest BCUT2D eigenvalue weighted by Gasteiger charge is -2.30. The largest absolute Gasteiger partial charge is 0.493 e. The van der Waals surface area contributed by atoms with E-state index in [0.29, 0.717) is 43.1 Å². The number of carboxylic acids is 1. The van der Waals surface area contributed by atoms with Gasteiger partial charge in [-0.05, 0) is 31.0 Å². The molecule has 2 rings (SSSR count). The van der Waals surface area contributed by atoms with Crippen LogP contribution in [0.15, 0.2) is 30.9 Å². The highest BCUT2D eigenvalue weighted by Crippen LogP contribution is 2.29. The Hall–Kier alpha value is -2.50. The molecule has 1 amide bonds. The van der Waals surface area contributed by atoms with E-state index in [4.69, 9.17) is 14.6 Å². The maximum absolute atomic E-state index is 12.6. The van der Waals surface area contributed by atoms with E-state index in [-0.39, 0.29) is 12.5 Å². The van der Waals surface area contributed by atoms with Gasteiger partial charge in [-0.2, -0.15) is 0 Å². The van der Waals surface area contributed by atoms with Crippen LogP contribution in [0.1, 0.15) is 23.2 Å². The summed E-state index contributed by atoms with van der Waals surface area (Å²) in [6, 6.07) is 4.95. The molecule has 1 N–H and O–H groups in total. The number of ether oxygens (including phenoxy) is 2. The highest BCUT2D eigenvalue weighted by molar-refractivity contribution is 5.95. The zero-order valence-electron chi connectivity index (χ0n) is 13.2. The predicted octanol–water partition coefficient (Wildman–Crippen LogP) is 2.20. The number of methoxy groups -OCH3 is 1.